The molecule has 0 fully saturated rings. The summed E-state index contributed by atoms with van der Waals surface area (Å²) >= 11 is 1.61. The van der Waals surface area contributed by atoms with Crippen molar-refractivity contribution in [2.45, 2.75) is 9.79 Å². The highest BCUT2D eigenvalue weighted by Crippen LogP contribution is 2.33. The van der Waals surface area contributed by atoms with E-state index in [9.17, 15) is 4.79 Å². The maximum atomic E-state index is 12.1. The third kappa shape index (κ3) is 3.32. The predicted molar refractivity (Wildman–Crippen MR) is 83.7 cm³/mol. The standard InChI is InChI=1S/C16H13N3OS/c20-16(19-11-10-17-12-19)18-14-8-4-5-9-15(14)21-13-6-2-1-3-7-13/h1-12H,(H,18,20). The van der Waals surface area contributed by atoms with Gasteiger partial charge in [0.2, 0.25) is 0 Å². The molecule has 0 aliphatic carbocycles. The van der Waals surface area contributed by atoms with E-state index in [4.69, 9.17) is 0 Å². The molecule has 3 aromatic rings. The van der Waals surface area contributed by atoms with Gasteiger partial charge in [0.25, 0.3) is 0 Å². The van der Waals surface area contributed by atoms with E-state index in [-0.39, 0.29) is 6.03 Å². The van der Waals surface area contributed by atoms with Gasteiger partial charge in [-0.3, -0.25) is 4.57 Å². The molecule has 0 bridgehead atoms. The van der Waals surface area contributed by atoms with Gasteiger partial charge in [0.15, 0.2) is 0 Å². The molecule has 2 aromatic carbocycles. The summed E-state index contributed by atoms with van der Waals surface area (Å²) < 4.78 is 1.41. The van der Waals surface area contributed by atoms with E-state index in [1.165, 1.54) is 10.9 Å². The third-order valence-corrected chi connectivity index (χ3v) is 3.92. The lowest BCUT2D eigenvalue weighted by atomic mass is 10.3. The lowest BCUT2D eigenvalue weighted by molar-refractivity contribution is 0.253. The highest BCUT2D eigenvalue weighted by Gasteiger charge is 2.08. The van der Waals surface area contributed by atoms with Crippen molar-refractivity contribution in [2.24, 2.45) is 0 Å². The van der Waals surface area contributed by atoms with Crippen LogP contribution >= 0.6 is 11.8 Å². The quantitative estimate of drug-likeness (QED) is 0.791. The van der Waals surface area contributed by atoms with Gasteiger partial charge < -0.3 is 5.32 Å². The summed E-state index contributed by atoms with van der Waals surface area (Å²) in [5.41, 5.74) is 0.782. The number of anilines is 1. The van der Waals surface area contributed by atoms with Crippen molar-refractivity contribution in [1.29, 1.82) is 0 Å². The van der Waals surface area contributed by atoms with Crippen molar-refractivity contribution in [3.63, 3.8) is 0 Å². The molecule has 21 heavy (non-hydrogen) atoms. The Bertz CT molecular complexity index is 726. The minimum Gasteiger partial charge on any atom is -0.306 e. The van der Waals surface area contributed by atoms with Crippen LogP contribution in [0.25, 0.3) is 0 Å². The number of rotatable bonds is 3. The fourth-order valence-corrected chi connectivity index (χ4v) is 2.76. The van der Waals surface area contributed by atoms with Crippen LogP contribution in [0.5, 0.6) is 0 Å². The first-order valence-electron chi connectivity index (χ1n) is 6.44. The van der Waals surface area contributed by atoms with Crippen LogP contribution in [0.4, 0.5) is 10.5 Å². The molecule has 0 spiro atoms. The van der Waals surface area contributed by atoms with Crippen molar-refractivity contribution >= 4 is 23.5 Å². The van der Waals surface area contributed by atoms with Crippen LogP contribution < -0.4 is 5.32 Å². The van der Waals surface area contributed by atoms with Crippen LogP contribution in [0.1, 0.15) is 0 Å². The zero-order chi connectivity index (χ0) is 14.5. The summed E-state index contributed by atoms with van der Waals surface area (Å²) in [7, 11) is 0. The first-order chi connectivity index (χ1) is 10.3. The Morgan fingerprint density at radius 2 is 1.81 bits per heavy atom. The second-order valence-corrected chi connectivity index (χ2v) is 5.43. The summed E-state index contributed by atoms with van der Waals surface area (Å²) in [6.07, 6.45) is 4.66. The Balaban J connectivity index is 1.81. The number of imidazole rings is 1. The molecule has 0 aliphatic heterocycles. The third-order valence-electron chi connectivity index (χ3n) is 2.84. The Hall–Kier alpha value is -2.53. The number of nitrogens with zero attached hydrogens (tertiary/aromatic N) is 2. The topological polar surface area (TPSA) is 46.9 Å². The van der Waals surface area contributed by atoms with Crippen molar-refractivity contribution < 1.29 is 4.79 Å². The molecule has 1 aromatic heterocycles. The number of carbonyl (C=O) groups is 1. The van der Waals surface area contributed by atoms with E-state index < -0.39 is 0 Å². The van der Waals surface area contributed by atoms with E-state index in [1.807, 2.05) is 54.6 Å². The van der Waals surface area contributed by atoms with Crippen LogP contribution in [-0.4, -0.2) is 15.6 Å². The number of para-hydroxylation sites is 1. The molecule has 1 N–H and O–H groups in total. The first-order valence-corrected chi connectivity index (χ1v) is 7.26. The summed E-state index contributed by atoms with van der Waals surface area (Å²) in [5.74, 6) is 0. The zero-order valence-electron chi connectivity index (χ0n) is 11.1. The van der Waals surface area contributed by atoms with Gasteiger partial charge in [-0.25, -0.2) is 9.78 Å². The Morgan fingerprint density at radius 3 is 2.57 bits per heavy atom. The van der Waals surface area contributed by atoms with E-state index in [0.717, 1.165) is 15.5 Å². The Morgan fingerprint density at radius 1 is 1.05 bits per heavy atom. The molecule has 3 rings (SSSR count). The lowest BCUT2D eigenvalue weighted by Crippen LogP contribution is -2.18. The van der Waals surface area contributed by atoms with Gasteiger partial charge in [-0.05, 0) is 24.3 Å². The van der Waals surface area contributed by atoms with Gasteiger partial charge in [0.1, 0.15) is 6.33 Å². The summed E-state index contributed by atoms with van der Waals surface area (Å²) in [4.78, 5) is 18.1. The number of nitrogens with one attached hydrogen (secondary N) is 1. The molecular formula is C16H13N3OS. The molecule has 1 heterocycles. The lowest BCUT2D eigenvalue weighted by Gasteiger charge is -2.10. The van der Waals surface area contributed by atoms with E-state index >= 15 is 0 Å². The largest absolute Gasteiger partial charge is 0.331 e. The van der Waals surface area contributed by atoms with Gasteiger partial charge in [0, 0.05) is 22.2 Å². The maximum Gasteiger partial charge on any atom is 0.331 e. The molecule has 0 aliphatic rings. The van der Waals surface area contributed by atoms with Gasteiger partial charge in [0.05, 0.1) is 5.69 Å². The smallest absolute Gasteiger partial charge is 0.306 e. The number of hydrogen-bond acceptors (Lipinski definition) is 3. The molecule has 104 valence electrons. The number of amides is 1. The van der Waals surface area contributed by atoms with Gasteiger partial charge >= 0.3 is 6.03 Å². The summed E-state index contributed by atoms with van der Waals surface area (Å²) in [6.45, 7) is 0. The van der Waals surface area contributed by atoms with Crippen LogP contribution in [0, 0.1) is 0 Å². The van der Waals surface area contributed by atoms with Crippen molar-refractivity contribution in [3.05, 3.63) is 73.3 Å². The molecule has 0 radical (unpaired) electrons. The van der Waals surface area contributed by atoms with E-state index in [1.54, 1.807) is 24.2 Å². The van der Waals surface area contributed by atoms with Gasteiger partial charge in [-0.2, -0.15) is 0 Å². The van der Waals surface area contributed by atoms with Crippen molar-refractivity contribution in [1.82, 2.24) is 9.55 Å². The van der Waals surface area contributed by atoms with E-state index in [2.05, 4.69) is 10.3 Å². The number of aromatic nitrogens is 2. The molecule has 0 saturated carbocycles. The number of carbonyl (C=O) groups excluding carboxylic acids is 1. The minimum absolute atomic E-state index is 0.228. The Kier molecular flexibility index (Phi) is 4.02. The van der Waals surface area contributed by atoms with Crippen LogP contribution in [0.3, 0.4) is 0 Å². The fraction of sp³-hybridized carbons (Fsp3) is 0. The number of hydrogen-bond donors (Lipinski definition) is 1. The average molecular weight is 295 g/mol. The predicted octanol–water partition coefficient (Wildman–Crippen LogP) is 4.11. The molecule has 0 saturated heterocycles. The minimum atomic E-state index is -0.228. The number of benzene rings is 2. The summed E-state index contributed by atoms with van der Waals surface area (Å²) in [6, 6.07) is 17.6. The van der Waals surface area contributed by atoms with E-state index in [0.29, 0.717) is 0 Å². The highest BCUT2D eigenvalue weighted by atomic mass is 32.2. The molecule has 1 amide bonds. The molecule has 0 unspecified atom stereocenters. The van der Waals surface area contributed by atoms with Crippen LogP contribution in [0.2, 0.25) is 0 Å². The first kappa shape index (κ1) is 13.5. The highest BCUT2D eigenvalue weighted by molar-refractivity contribution is 7.99. The van der Waals surface area contributed by atoms with Crippen LogP contribution in [-0.2, 0) is 0 Å². The maximum absolute atomic E-state index is 12.1. The zero-order valence-corrected chi connectivity index (χ0v) is 12.0. The molecule has 5 heteroatoms. The molecule has 0 atom stereocenters. The van der Waals surface area contributed by atoms with Crippen LogP contribution in [0.15, 0.2) is 83.1 Å². The molecule has 4 nitrogen and oxygen atoms in total. The van der Waals surface area contributed by atoms with Gasteiger partial charge in [-0.15, -0.1) is 0 Å². The summed E-state index contributed by atoms with van der Waals surface area (Å²) in [5, 5.41) is 2.90. The monoisotopic (exact) mass is 295 g/mol. The second-order valence-electron chi connectivity index (χ2n) is 4.31. The van der Waals surface area contributed by atoms with Gasteiger partial charge in [-0.1, -0.05) is 42.1 Å². The fourth-order valence-electron chi connectivity index (χ4n) is 1.83. The normalized spacial score (nSPS) is 10.3. The average Bonchev–Trinajstić information content (AvgIpc) is 3.05. The SMILES string of the molecule is O=C(Nc1ccccc1Sc1ccccc1)n1ccnc1. The molecular weight excluding hydrogens is 282 g/mol. The second kappa shape index (κ2) is 6.28. The van der Waals surface area contributed by atoms with Crippen molar-refractivity contribution in [3.8, 4) is 0 Å². The Labute approximate surface area is 126 Å². The van der Waals surface area contributed by atoms with Crippen molar-refractivity contribution in [2.75, 3.05) is 5.32 Å².